The molecule has 0 unspecified atom stereocenters. The Balaban J connectivity index is 1.58. The van der Waals surface area contributed by atoms with Gasteiger partial charge >= 0.3 is 0 Å². The molecule has 3 rings (SSSR count). The third kappa shape index (κ3) is 3.29. The molecule has 0 N–H and O–H groups in total. The van der Waals surface area contributed by atoms with Crippen molar-refractivity contribution in [2.45, 2.75) is 45.2 Å². The van der Waals surface area contributed by atoms with Crippen molar-refractivity contribution in [3.8, 4) is 0 Å². The smallest absolute Gasteiger partial charge is 0.123 e. The molecule has 0 aromatic carbocycles. The zero-order chi connectivity index (χ0) is 14.7. The summed E-state index contributed by atoms with van der Waals surface area (Å²) in [5.74, 6) is 1.72. The molecule has 0 amide bonds. The molecule has 1 fully saturated rings. The zero-order valence-electron chi connectivity index (χ0n) is 12.8. The van der Waals surface area contributed by atoms with E-state index in [1.165, 1.54) is 5.82 Å². The summed E-state index contributed by atoms with van der Waals surface area (Å²) in [7, 11) is 0. The van der Waals surface area contributed by atoms with Crippen LogP contribution in [0.2, 0.25) is 0 Å². The van der Waals surface area contributed by atoms with Crippen LogP contribution in [-0.4, -0.2) is 37.5 Å². The zero-order valence-corrected chi connectivity index (χ0v) is 12.8. The van der Waals surface area contributed by atoms with E-state index < -0.39 is 0 Å². The maximum atomic E-state index is 4.51. The Morgan fingerprint density at radius 3 is 2.62 bits per heavy atom. The summed E-state index contributed by atoms with van der Waals surface area (Å²) in [6, 6.07) is 0.472. The highest BCUT2D eigenvalue weighted by Gasteiger charge is 2.22. The summed E-state index contributed by atoms with van der Waals surface area (Å²) in [5, 5.41) is 0. The largest absolute Gasteiger partial charge is 0.331 e. The SMILES string of the molecule is CC(C)n1ccnc1CN1CCC(c2cnccn2)CC1. The predicted octanol–water partition coefficient (Wildman–Crippen LogP) is 2.63. The molecule has 0 radical (unpaired) electrons. The lowest BCUT2D eigenvalue weighted by molar-refractivity contribution is 0.195. The van der Waals surface area contributed by atoms with E-state index in [-0.39, 0.29) is 0 Å². The number of rotatable bonds is 4. The van der Waals surface area contributed by atoms with Crippen LogP contribution in [0.15, 0.2) is 31.0 Å². The van der Waals surface area contributed by atoms with Gasteiger partial charge in [-0.15, -0.1) is 0 Å². The molecule has 112 valence electrons. The van der Waals surface area contributed by atoms with Gasteiger partial charge in [0.1, 0.15) is 5.82 Å². The van der Waals surface area contributed by atoms with E-state index in [9.17, 15) is 0 Å². The summed E-state index contributed by atoms with van der Waals surface area (Å²) in [6.45, 7) is 7.55. The fraction of sp³-hybridized carbons (Fsp3) is 0.562. The van der Waals surface area contributed by atoms with Crippen LogP contribution in [0.4, 0.5) is 0 Å². The van der Waals surface area contributed by atoms with Gasteiger partial charge in [0.25, 0.3) is 0 Å². The molecular formula is C16H23N5. The fourth-order valence-corrected chi connectivity index (χ4v) is 3.04. The molecule has 2 aromatic heterocycles. The molecule has 0 bridgehead atoms. The van der Waals surface area contributed by atoms with Crippen molar-refractivity contribution in [2.75, 3.05) is 13.1 Å². The molecule has 1 saturated heterocycles. The summed E-state index contributed by atoms with van der Waals surface area (Å²) >= 11 is 0. The Hall–Kier alpha value is -1.75. The number of piperidine rings is 1. The monoisotopic (exact) mass is 285 g/mol. The minimum Gasteiger partial charge on any atom is -0.331 e. The molecule has 0 atom stereocenters. The second kappa shape index (κ2) is 6.35. The molecule has 0 spiro atoms. The van der Waals surface area contributed by atoms with E-state index in [0.717, 1.165) is 38.2 Å². The van der Waals surface area contributed by atoms with Crippen molar-refractivity contribution in [3.05, 3.63) is 42.5 Å². The van der Waals surface area contributed by atoms with E-state index in [0.29, 0.717) is 12.0 Å². The van der Waals surface area contributed by atoms with Crippen LogP contribution in [0.3, 0.4) is 0 Å². The number of imidazole rings is 1. The molecule has 0 aliphatic carbocycles. The van der Waals surface area contributed by atoms with Crippen LogP contribution in [0.5, 0.6) is 0 Å². The van der Waals surface area contributed by atoms with Crippen molar-refractivity contribution >= 4 is 0 Å². The first-order valence-corrected chi connectivity index (χ1v) is 7.74. The Bertz CT molecular complexity index is 555. The highest BCUT2D eigenvalue weighted by molar-refractivity contribution is 5.05. The summed E-state index contributed by atoms with van der Waals surface area (Å²) < 4.78 is 2.26. The first kappa shape index (κ1) is 14.2. The molecule has 21 heavy (non-hydrogen) atoms. The highest BCUT2D eigenvalue weighted by atomic mass is 15.2. The van der Waals surface area contributed by atoms with E-state index in [2.05, 4.69) is 44.5 Å². The van der Waals surface area contributed by atoms with Gasteiger partial charge in [-0.2, -0.15) is 0 Å². The third-order valence-corrected chi connectivity index (χ3v) is 4.26. The Labute approximate surface area is 126 Å². The van der Waals surface area contributed by atoms with Gasteiger partial charge in [-0.05, 0) is 39.8 Å². The van der Waals surface area contributed by atoms with Crippen LogP contribution >= 0.6 is 0 Å². The number of likely N-dealkylation sites (tertiary alicyclic amines) is 1. The fourth-order valence-electron chi connectivity index (χ4n) is 3.04. The maximum absolute atomic E-state index is 4.51. The molecular weight excluding hydrogens is 262 g/mol. The molecule has 1 aliphatic rings. The number of nitrogens with zero attached hydrogens (tertiary/aromatic N) is 5. The van der Waals surface area contributed by atoms with Crippen molar-refractivity contribution in [2.24, 2.45) is 0 Å². The van der Waals surface area contributed by atoms with Gasteiger partial charge in [0.2, 0.25) is 0 Å². The van der Waals surface area contributed by atoms with Crippen molar-refractivity contribution in [1.82, 2.24) is 24.4 Å². The minimum atomic E-state index is 0.472. The first-order valence-electron chi connectivity index (χ1n) is 7.74. The first-order chi connectivity index (χ1) is 10.2. The number of aromatic nitrogens is 4. The van der Waals surface area contributed by atoms with Crippen LogP contribution < -0.4 is 0 Å². The van der Waals surface area contributed by atoms with Crippen molar-refractivity contribution in [1.29, 1.82) is 0 Å². The average Bonchev–Trinajstić information content (AvgIpc) is 2.97. The lowest BCUT2D eigenvalue weighted by atomic mass is 9.94. The van der Waals surface area contributed by atoms with E-state index >= 15 is 0 Å². The molecule has 5 nitrogen and oxygen atoms in total. The third-order valence-electron chi connectivity index (χ3n) is 4.26. The quantitative estimate of drug-likeness (QED) is 0.866. The second-order valence-electron chi connectivity index (χ2n) is 6.03. The standard InChI is InChI=1S/C16H23N5/c1-13(2)21-10-7-19-16(21)12-20-8-3-14(4-9-20)15-11-17-5-6-18-15/h5-7,10-11,13-14H,3-4,8-9,12H2,1-2H3. The van der Waals surface area contributed by atoms with Crippen LogP contribution in [0.1, 0.15) is 50.2 Å². The molecule has 2 aromatic rings. The molecule has 5 heteroatoms. The van der Waals surface area contributed by atoms with Gasteiger partial charge in [-0.3, -0.25) is 14.9 Å². The Morgan fingerprint density at radius 1 is 1.14 bits per heavy atom. The van der Waals surface area contributed by atoms with Crippen LogP contribution in [0, 0.1) is 0 Å². The normalized spacial score (nSPS) is 17.5. The van der Waals surface area contributed by atoms with Gasteiger partial charge < -0.3 is 4.57 Å². The topological polar surface area (TPSA) is 46.8 Å². The van der Waals surface area contributed by atoms with Gasteiger partial charge in [-0.25, -0.2) is 4.98 Å². The number of hydrogen-bond acceptors (Lipinski definition) is 4. The van der Waals surface area contributed by atoms with Gasteiger partial charge in [0, 0.05) is 42.9 Å². The maximum Gasteiger partial charge on any atom is 0.123 e. The Kier molecular flexibility index (Phi) is 4.29. The molecule has 0 saturated carbocycles. The molecule has 1 aliphatic heterocycles. The van der Waals surface area contributed by atoms with Crippen LogP contribution in [0.25, 0.3) is 0 Å². The average molecular weight is 285 g/mol. The van der Waals surface area contributed by atoms with Crippen LogP contribution in [-0.2, 0) is 6.54 Å². The second-order valence-corrected chi connectivity index (χ2v) is 6.03. The minimum absolute atomic E-state index is 0.472. The summed E-state index contributed by atoms with van der Waals surface area (Å²) in [5.41, 5.74) is 1.14. The van der Waals surface area contributed by atoms with Crippen molar-refractivity contribution < 1.29 is 0 Å². The summed E-state index contributed by atoms with van der Waals surface area (Å²) in [6.07, 6.45) is 11.7. The molecule has 3 heterocycles. The van der Waals surface area contributed by atoms with Gasteiger partial charge in [0.05, 0.1) is 12.2 Å². The summed E-state index contributed by atoms with van der Waals surface area (Å²) in [4.78, 5) is 15.6. The van der Waals surface area contributed by atoms with Gasteiger partial charge in [0.15, 0.2) is 0 Å². The highest BCUT2D eigenvalue weighted by Crippen LogP contribution is 2.26. The Morgan fingerprint density at radius 2 is 1.95 bits per heavy atom. The lowest BCUT2D eigenvalue weighted by Crippen LogP contribution is -2.33. The number of hydrogen-bond donors (Lipinski definition) is 0. The van der Waals surface area contributed by atoms with E-state index in [1.807, 2.05) is 12.4 Å². The predicted molar refractivity (Wildman–Crippen MR) is 81.9 cm³/mol. The van der Waals surface area contributed by atoms with E-state index in [4.69, 9.17) is 0 Å². The van der Waals surface area contributed by atoms with Crippen molar-refractivity contribution in [3.63, 3.8) is 0 Å². The van der Waals surface area contributed by atoms with E-state index in [1.54, 1.807) is 12.4 Å². The lowest BCUT2D eigenvalue weighted by Gasteiger charge is -2.31. The van der Waals surface area contributed by atoms with Gasteiger partial charge in [-0.1, -0.05) is 0 Å².